The molecule has 1 aromatic carbocycles. The zero-order chi connectivity index (χ0) is 13.1. The summed E-state index contributed by atoms with van der Waals surface area (Å²) in [6.07, 6.45) is 1.57. The van der Waals surface area contributed by atoms with Crippen molar-refractivity contribution in [2.75, 3.05) is 11.9 Å². The van der Waals surface area contributed by atoms with Crippen molar-refractivity contribution in [3.8, 4) is 0 Å². The summed E-state index contributed by atoms with van der Waals surface area (Å²) in [5.41, 5.74) is 0.372. The molecule has 6 heteroatoms. The van der Waals surface area contributed by atoms with Gasteiger partial charge in [0.15, 0.2) is 0 Å². The van der Waals surface area contributed by atoms with E-state index in [0.717, 1.165) is 5.76 Å². The molecule has 2 aromatic rings. The lowest BCUT2D eigenvalue weighted by Crippen LogP contribution is -2.17. The Kier molecular flexibility index (Phi) is 3.53. The van der Waals surface area contributed by atoms with Crippen molar-refractivity contribution in [3.05, 3.63) is 57.5 Å². The molecule has 0 radical (unpaired) electrons. The minimum atomic E-state index is -0.476. The maximum atomic E-state index is 11.0. The van der Waals surface area contributed by atoms with Crippen molar-refractivity contribution in [1.29, 1.82) is 0 Å². The molecule has 0 saturated carbocycles. The van der Waals surface area contributed by atoms with Crippen LogP contribution in [0.1, 0.15) is 5.76 Å². The van der Waals surface area contributed by atoms with Crippen LogP contribution in [0.3, 0.4) is 0 Å². The van der Waals surface area contributed by atoms with Crippen LogP contribution < -0.4 is 4.90 Å². The Balaban J connectivity index is 2.32. The SMILES string of the molecule is CN(Cc1ccco1)c1cccc(Cl)c1[N+](=O)[O-]. The lowest BCUT2D eigenvalue weighted by molar-refractivity contribution is -0.384. The first-order valence-electron chi connectivity index (χ1n) is 5.26. The molecule has 5 nitrogen and oxygen atoms in total. The monoisotopic (exact) mass is 266 g/mol. The second kappa shape index (κ2) is 5.10. The van der Waals surface area contributed by atoms with E-state index in [1.165, 1.54) is 6.07 Å². The average molecular weight is 267 g/mol. The van der Waals surface area contributed by atoms with Gasteiger partial charge >= 0.3 is 5.69 Å². The van der Waals surface area contributed by atoms with E-state index in [1.807, 2.05) is 6.07 Å². The van der Waals surface area contributed by atoms with Gasteiger partial charge in [-0.15, -0.1) is 0 Å². The van der Waals surface area contributed by atoms with E-state index < -0.39 is 4.92 Å². The second-order valence-electron chi connectivity index (χ2n) is 3.80. The largest absolute Gasteiger partial charge is 0.467 e. The van der Waals surface area contributed by atoms with Crippen molar-refractivity contribution >= 4 is 23.0 Å². The van der Waals surface area contributed by atoms with Crippen LogP contribution >= 0.6 is 11.6 Å². The van der Waals surface area contributed by atoms with Crippen LogP contribution in [-0.2, 0) is 6.54 Å². The first-order valence-corrected chi connectivity index (χ1v) is 5.64. The normalized spacial score (nSPS) is 10.3. The molecule has 2 rings (SSSR count). The molecular weight excluding hydrogens is 256 g/mol. The Morgan fingerprint density at radius 3 is 2.78 bits per heavy atom. The van der Waals surface area contributed by atoms with E-state index in [9.17, 15) is 10.1 Å². The van der Waals surface area contributed by atoms with Crippen molar-refractivity contribution in [1.82, 2.24) is 0 Å². The second-order valence-corrected chi connectivity index (χ2v) is 4.21. The molecular formula is C12H11ClN2O3. The highest BCUT2D eigenvalue weighted by molar-refractivity contribution is 6.33. The third-order valence-corrected chi connectivity index (χ3v) is 2.84. The molecule has 0 aliphatic carbocycles. The Labute approximate surface area is 109 Å². The van der Waals surface area contributed by atoms with Crippen LogP contribution in [0.15, 0.2) is 41.0 Å². The molecule has 0 unspecified atom stereocenters. The van der Waals surface area contributed by atoms with E-state index in [0.29, 0.717) is 12.2 Å². The molecule has 0 atom stereocenters. The zero-order valence-electron chi connectivity index (χ0n) is 9.67. The summed E-state index contributed by atoms with van der Waals surface area (Å²) in [6.45, 7) is 0.439. The van der Waals surface area contributed by atoms with Gasteiger partial charge in [-0.2, -0.15) is 0 Å². The number of nitro benzene ring substituents is 1. The standard InChI is InChI=1S/C12H11ClN2O3/c1-14(8-9-4-3-7-18-9)11-6-2-5-10(13)12(11)15(16)17/h2-7H,8H2,1H3. The van der Waals surface area contributed by atoms with E-state index >= 15 is 0 Å². The number of para-hydroxylation sites is 1. The minimum absolute atomic E-state index is 0.0896. The molecule has 0 aliphatic rings. The quantitative estimate of drug-likeness (QED) is 0.628. The maximum Gasteiger partial charge on any atom is 0.310 e. The molecule has 0 fully saturated rings. The van der Waals surface area contributed by atoms with Gasteiger partial charge in [0.1, 0.15) is 16.5 Å². The molecule has 94 valence electrons. The van der Waals surface area contributed by atoms with Crippen molar-refractivity contribution in [3.63, 3.8) is 0 Å². The van der Waals surface area contributed by atoms with E-state index in [-0.39, 0.29) is 10.7 Å². The van der Waals surface area contributed by atoms with Crippen molar-refractivity contribution in [2.45, 2.75) is 6.54 Å². The van der Waals surface area contributed by atoms with Crippen LogP contribution in [0, 0.1) is 10.1 Å². The van der Waals surface area contributed by atoms with Gasteiger partial charge in [0.25, 0.3) is 0 Å². The highest BCUT2D eigenvalue weighted by atomic mass is 35.5. The molecule has 0 aliphatic heterocycles. The Morgan fingerprint density at radius 2 is 2.17 bits per heavy atom. The predicted octanol–water partition coefficient (Wildman–Crippen LogP) is 3.48. The summed E-state index contributed by atoms with van der Waals surface area (Å²) in [4.78, 5) is 12.3. The van der Waals surface area contributed by atoms with E-state index in [2.05, 4.69) is 0 Å². The number of furan rings is 1. The first kappa shape index (κ1) is 12.4. The summed E-state index contributed by atoms with van der Waals surface area (Å²) in [7, 11) is 1.75. The van der Waals surface area contributed by atoms with Gasteiger partial charge in [-0.1, -0.05) is 17.7 Å². The first-order chi connectivity index (χ1) is 8.59. The van der Waals surface area contributed by atoms with Crippen LogP contribution in [-0.4, -0.2) is 12.0 Å². The summed E-state index contributed by atoms with van der Waals surface area (Å²) in [5, 5.41) is 11.1. The summed E-state index contributed by atoms with van der Waals surface area (Å²) in [5.74, 6) is 0.728. The van der Waals surface area contributed by atoms with Gasteiger partial charge in [0.05, 0.1) is 17.7 Å². The number of hydrogen-bond acceptors (Lipinski definition) is 4. The van der Waals surface area contributed by atoms with Gasteiger partial charge in [-0.3, -0.25) is 10.1 Å². The number of benzene rings is 1. The number of nitrogens with zero attached hydrogens (tertiary/aromatic N) is 2. The average Bonchev–Trinajstić information content (AvgIpc) is 2.80. The number of halogens is 1. The van der Waals surface area contributed by atoms with Gasteiger partial charge < -0.3 is 9.32 Å². The maximum absolute atomic E-state index is 11.0. The van der Waals surface area contributed by atoms with Gasteiger partial charge in [-0.05, 0) is 24.3 Å². The van der Waals surface area contributed by atoms with Crippen LogP contribution in [0.4, 0.5) is 11.4 Å². The minimum Gasteiger partial charge on any atom is -0.467 e. The number of rotatable bonds is 4. The molecule has 0 saturated heterocycles. The van der Waals surface area contributed by atoms with Gasteiger partial charge in [0.2, 0.25) is 0 Å². The zero-order valence-corrected chi connectivity index (χ0v) is 10.4. The van der Waals surface area contributed by atoms with E-state index in [4.69, 9.17) is 16.0 Å². The molecule has 0 amide bonds. The summed E-state index contributed by atoms with van der Waals surface area (Å²) >= 11 is 5.86. The van der Waals surface area contributed by atoms with Gasteiger partial charge in [0, 0.05) is 7.05 Å². The lowest BCUT2D eigenvalue weighted by Gasteiger charge is -2.18. The van der Waals surface area contributed by atoms with Crippen molar-refractivity contribution in [2.24, 2.45) is 0 Å². The Hall–Kier alpha value is -2.01. The van der Waals surface area contributed by atoms with Crippen molar-refractivity contribution < 1.29 is 9.34 Å². The van der Waals surface area contributed by atoms with Crippen LogP contribution in [0.5, 0.6) is 0 Å². The fourth-order valence-corrected chi connectivity index (χ4v) is 1.95. The molecule has 1 heterocycles. The Bertz CT molecular complexity index is 554. The lowest BCUT2D eigenvalue weighted by atomic mass is 10.2. The highest BCUT2D eigenvalue weighted by Gasteiger charge is 2.21. The molecule has 0 N–H and O–H groups in total. The number of nitro groups is 1. The fourth-order valence-electron chi connectivity index (χ4n) is 1.71. The fraction of sp³-hybridized carbons (Fsp3) is 0.167. The van der Waals surface area contributed by atoms with Gasteiger partial charge in [-0.25, -0.2) is 0 Å². The summed E-state index contributed by atoms with van der Waals surface area (Å²) in [6, 6.07) is 8.43. The highest BCUT2D eigenvalue weighted by Crippen LogP contribution is 2.34. The number of anilines is 1. The molecule has 1 aromatic heterocycles. The topological polar surface area (TPSA) is 59.5 Å². The van der Waals surface area contributed by atoms with Crippen LogP contribution in [0.25, 0.3) is 0 Å². The summed E-state index contributed by atoms with van der Waals surface area (Å²) < 4.78 is 5.21. The third kappa shape index (κ3) is 2.46. The van der Waals surface area contributed by atoms with E-state index in [1.54, 1.807) is 36.4 Å². The smallest absolute Gasteiger partial charge is 0.310 e. The Morgan fingerprint density at radius 1 is 1.39 bits per heavy atom. The third-order valence-electron chi connectivity index (χ3n) is 2.53. The number of hydrogen-bond donors (Lipinski definition) is 0. The van der Waals surface area contributed by atoms with Crippen LogP contribution in [0.2, 0.25) is 5.02 Å². The molecule has 0 spiro atoms. The molecule has 18 heavy (non-hydrogen) atoms. The predicted molar refractivity (Wildman–Crippen MR) is 68.9 cm³/mol. The molecule has 0 bridgehead atoms.